The van der Waals surface area contributed by atoms with Gasteiger partial charge in [0.2, 0.25) is 0 Å². The first kappa shape index (κ1) is 11.4. The Labute approximate surface area is 107 Å². The maximum Gasteiger partial charge on any atom is 0.115 e. The van der Waals surface area contributed by atoms with Crippen molar-refractivity contribution in [1.29, 1.82) is 0 Å². The van der Waals surface area contributed by atoms with Gasteiger partial charge in [-0.1, -0.05) is 12.1 Å². The number of phenols is 1. The molecule has 18 heavy (non-hydrogen) atoms. The summed E-state index contributed by atoms with van der Waals surface area (Å²) in [5, 5.41) is 12.8. The molecule has 2 aromatic rings. The second-order valence-electron chi connectivity index (χ2n) is 4.95. The quantitative estimate of drug-likeness (QED) is 0.845. The molecule has 0 radical (unpaired) electrons. The smallest absolute Gasteiger partial charge is 0.115 e. The molecule has 1 aromatic heterocycles. The van der Waals surface area contributed by atoms with Crippen molar-refractivity contribution in [3.63, 3.8) is 0 Å². The van der Waals surface area contributed by atoms with Crippen LogP contribution in [-0.4, -0.2) is 15.7 Å². The van der Waals surface area contributed by atoms with Gasteiger partial charge in [0.05, 0.1) is 0 Å². The van der Waals surface area contributed by atoms with Crippen molar-refractivity contribution < 1.29 is 5.11 Å². The summed E-state index contributed by atoms with van der Waals surface area (Å²) in [4.78, 5) is 0. The van der Waals surface area contributed by atoms with E-state index < -0.39 is 0 Å². The van der Waals surface area contributed by atoms with E-state index in [1.54, 1.807) is 12.1 Å². The molecular formula is C15H18N2O. The maximum atomic E-state index is 9.27. The SMILES string of the molecule is Oc1ccc(Cn2cccc2CNC2CC2)cc1. The molecule has 1 aliphatic rings. The Bertz CT molecular complexity index is 512. The van der Waals surface area contributed by atoms with E-state index in [1.165, 1.54) is 24.1 Å². The second-order valence-corrected chi connectivity index (χ2v) is 4.95. The number of hydrogen-bond donors (Lipinski definition) is 2. The van der Waals surface area contributed by atoms with E-state index in [1.807, 2.05) is 12.1 Å². The van der Waals surface area contributed by atoms with Crippen LogP contribution in [-0.2, 0) is 13.1 Å². The first-order valence-electron chi connectivity index (χ1n) is 6.46. The van der Waals surface area contributed by atoms with Gasteiger partial charge in [0, 0.05) is 31.0 Å². The molecule has 1 aliphatic carbocycles. The van der Waals surface area contributed by atoms with Crippen molar-refractivity contribution in [1.82, 2.24) is 9.88 Å². The summed E-state index contributed by atoms with van der Waals surface area (Å²) in [6, 6.07) is 12.4. The zero-order valence-corrected chi connectivity index (χ0v) is 10.3. The normalized spacial score (nSPS) is 14.9. The van der Waals surface area contributed by atoms with Crippen LogP contribution in [0, 0.1) is 0 Å². The summed E-state index contributed by atoms with van der Waals surface area (Å²) in [7, 11) is 0. The van der Waals surface area contributed by atoms with Gasteiger partial charge in [0.15, 0.2) is 0 Å². The number of nitrogens with one attached hydrogen (secondary N) is 1. The van der Waals surface area contributed by atoms with Crippen molar-refractivity contribution in [3.05, 3.63) is 53.9 Å². The standard InChI is InChI=1S/C15H18N2O/c18-15-7-3-12(4-8-15)11-17-9-1-2-14(17)10-16-13-5-6-13/h1-4,7-9,13,16,18H,5-6,10-11H2. The van der Waals surface area contributed by atoms with Crippen LogP contribution >= 0.6 is 0 Å². The molecule has 0 saturated heterocycles. The van der Waals surface area contributed by atoms with Crippen molar-refractivity contribution >= 4 is 0 Å². The predicted molar refractivity (Wildman–Crippen MR) is 71.5 cm³/mol. The van der Waals surface area contributed by atoms with Gasteiger partial charge in [-0.3, -0.25) is 0 Å². The van der Waals surface area contributed by atoms with Crippen LogP contribution < -0.4 is 5.32 Å². The highest BCUT2D eigenvalue weighted by molar-refractivity contribution is 5.26. The van der Waals surface area contributed by atoms with E-state index in [0.717, 1.165) is 19.1 Å². The van der Waals surface area contributed by atoms with Gasteiger partial charge in [0.1, 0.15) is 5.75 Å². The van der Waals surface area contributed by atoms with Crippen LogP contribution in [0.5, 0.6) is 5.75 Å². The van der Waals surface area contributed by atoms with Crippen LogP contribution in [0.1, 0.15) is 24.1 Å². The highest BCUT2D eigenvalue weighted by atomic mass is 16.3. The van der Waals surface area contributed by atoms with Gasteiger partial charge in [-0.25, -0.2) is 0 Å². The first-order chi connectivity index (χ1) is 8.81. The number of rotatable bonds is 5. The van der Waals surface area contributed by atoms with E-state index in [9.17, 15) is 5.11 Å². The number of phenolic OH excluding ortho intramolecular Hbond substituents is 1. The molecule has 0 aliphatic heterocycles. The summed E-state index contributed by atoms with van der Waals surface area (Å²) in [5.41, 5.74) is 2.52. The lowest BCUT2D eigenvalue weighted by Gasteiger charge is -2.10. The fourth-order valence-corrected chi connectivity index (χ4v) is 2.10. The molecule has 0 spiro atoms. The predicted octanol–water partition coefficient (Wildman–Crippen LogP) is 2.49. The summed E-state index contributed by atoms with van der Waals surface area (Å²) in [6.07, 6.45) is 4.74. The number of hydrogen-bond acceptors (Lipinski definition) is 2. The summed E-state index contributed by atoms with van der Waals surface area (Å²) in [5.74, 6) is 0.321. The molecule has 1 heterocycles. The Morgan fingerprint density at radius 2 is 1.94 bits per heavy atom. The molecule has 0 unspecified atom stereocenters. The number of benzene rings is 1. The third-order valence-corrected chi connectivity index (χ3v) is 3.36. The van der Waals surface area contributed by atoms with E-state index >= 15 is 0 Å². The van der Waals surface area contributed by atoms with Gasteiger partial charge in [-0.05, 0) is 42.7 Å². The average molecular weight is 242 g/mol. The van der Waals surface area contributed by atoms with E-state index in [-0.39, 0.29) is 0 Å². The zero-order chi connectivity index (χ0) is 12.4. The van der Waals surface area contributed by atoms with Crippen molar-refractivity contribution in [2.24, 2.45) is 0 Å². The van der Waals surface area contributed by atoms with Crippen LogP contribution in [0.15, 0.2) is 42.6 Å². The Morgan fingerprint density at radius 3 is 2.67 bits per heavy atom. The van der Waals surface area contributed by atoms with Gasteiger partial charge < -0.3 is 15.0 Å². The molecule has 2 N–H and O–H groups in total. The van der Waals surface area contributed by atoms with Crippen LogP contribution in [0.25, 0.3) is 0 Å². The van der Waals surface area contributed by atoms with Gasteiger partial charge in [-0.15, -0.1) is 0 Å². The number of aromatic nitrogens is 1. The highest BCUT2D eigenvalue weighted by Crippen LogP contribution is 2.19. The summed E-state index contributed by atoms with van der Waals surface area (Å²) < 4.78 is 2.25. The topological polar surface area (TPSA) is 37.2 Å². The molecule has 3 nitrogen and oxygen atoms in total. The lowest BCUT2D eigenvalue weighted by Crippen LogP contribution is -2.18. The third kappa shape index (κ3) is 2.74. The van der Waals surface area contributed by atoms with Crippen molar-refractivity contribution in [2.75, 3.05) is 0 Å². The molecule has 0 bridgehead atoms. The fourth-order valence-electron chi connectivity index (χ4n) is 2.10. The van der Waals surface area contributed by atoms with E-state index in [2.05, 4.69) is 28.2 Å². The minimum Gasteiger partial charge on any atom is -0.508 e. The summed E-state index contributed by atoms with van der Waals surface area (Å²) in [6.45, 7) is 1.80. The average Bonchev–Trinajstić information content (AvgIpc) is 3.11. The second kappa shape index (κ2) is 4.86. The van der Waals surface area contributed by atoms with Gasteiger partial charge in [0.25, 0.3) is 0 Å². The Balaban J connectivity index is 1.67. The molecule has 3 rings (SSSR count). The van der Waals surface area contributed by atoms with Crippen LogP contribution in [0.2, 0.25) is 0 Å². The third-order valence-electron chi connectivity index (χ3n) is 3.36. The number of aromatic hydroxyl groups is 1. The van der Waals surface area contributed by atoms with Crippen LogP contribution in [0.3, 0.4) is 0 Å². The maximum absolute atomic E-state index is 9.27. The molecule has 1 saturated carbocycles. The number of nitrogens with zero attached hydrogens (tertiary/aromatic N) is 1. The molecule has 94 valence electrons. The molecule has 1 aromatic carbocycles. The zero-order valence-electron chi connectivity index (χ0n) is 10.3. The monoisotopic (exact) mass is 242 g/mol. The Kier molecular flexibility index (Phi) is 3.07. The lowest BCUT2D eigenvalue weighted by atomic mass is 10.2. The molecule has 0 amide bonds. The lowest BCUT2D eigenvalue weighted by molar-refractivity contribution is 0.475. The Morgan fingerprint density at radius 1 is 1.17 bits per heavy atom. The minimum absolute atomic E-state index is 0.321. The van der Waals surface area contributed by atoms with E-state index in [4.69, 9.17) is 0 Å². The molecule has 1 fully saturated rings. The van der Waals surface area contributed by atoms with Crippen molar-refractivity contribution in [2.45, 2.75) is 32.0 Å². The van der Waals surface area contributed by atoms with Crippen molar-refractivity contribution in [3.8, 4) is 5.75 Å². The molecular weight excluding hydrogens is 224 g/mol. The first-order valence-corrected chi connectivity index (χ1v) is 6.46. The molecule has 0 atom stereocenters. The minimum atomic E-state index is 0.321. The van der Waals surface area contributed by atoms with Crippen LogP contribution in [0.4, 0.5) is 0 Å². The fraction of sp³-hybridized carbons (Fsp3) is 0.333. The largest absolute Gasteiger partial charge is 0.508 e. The summed E-state index contributed by atoms with van der Waals surface area (Å²) >= 11 is 0. The van der Waals surface area contributed by atoms with Gasteiger partial charge in [-0.2, -0.15) is 0 Å². The van der Waals surface area contributed by atoms with E-state index in [0.29, 0.717) is 5.75 Å². The molecule has 3 heteroatoms. The highest BCUT2D eigenvalue weighted by Gasteiger charge is 2.20. The Hall–Kier alpha value is -1.74. The van der Waals surface area contributed by atoms with Gasteiger partial charge >= 0.3 is 0 Å².